The van der Waals surface area contributed by atoms with Gasteiger partial charge in [-0.2, -0.15) is 5.10 Å². The van der Waals surface area contributed by atoms with Crippen LogP contribution in [0.5, 0.6) is 11.5 Å². The van der Waals surface area contributed by atoms with Crippen LogP contribution in [0.4, 0.5) is 5.69 Å². The lowest BCUT2D eigenvalue weighted by Crippen LogP contribution is -2.24. The van der Waals surface area contributed by atoms with E-state index in [2.05, 4.69) is 10.5 Å². The number of nitro benzene ring substituents is 1. The Morgan fingerprint density at radius 1 is 1.32 bits per heavy atom. The molecule has 0 spiro atoms. The molecule has 25 heavy (non-hydrogen) atoms. The number of rotatable bonds is 6. The summed E-state index contributed by atoms with van der Waals surface area (Å²) in [6.07, 6.45) is 1.12. The summed E-state index contributed by atoms with van der Waals surface area (Å²) in [7, 11) is 0. The normalized spacial score (nSPS) is 10.6. The smallest absolute Gasteiger partial charge is 0.311 e. The molecule has 0 aliphatic carbocycles. The van der Waals surface area contributed by atoms with Crippen molar-refractivity contribution in [2.24, 2.45) is 5.10 Å². The van der Waals surface area contributed by atoms with Crippen LogP contribution in [0, 0.1) is 24.0 Å². The number of nitrogens with zero attached hydrogens (tertiary/aromatic N) is 2. The molecule has 130 valence electrons. The first kappa shape index (κ1) is 17.9. The van der Waals surface area contributed by atoms with E-state index in [0.717, 1.165) is 17.3 Å². The van der Waals surface area contributed by atoms with Gasteiger partial charge in [0.1, 0.15) is 5.75 Å². The number of hydrazone groups is 1. The number of aryl methyl sites for hydroxylation is 1. The molecule has 2 aromatic rings. The third kappa shape index (κ3) is 4.54. The number of hydrogen-bond donors (Lipinski definition) is 2. The third-order valence-corrected chi connectivity index (χ3v) is 3.55. The minimum absolute atomic E-state index is 0.116. The van der Waals surface area contributed by atoms with E-state index in [1.807, 2.05) is 26.0 Å². The Morgan fingerprint density at radius 2 is 2.04 bits per heavy atom. The highest BCUT2D eigenvalue weighted by Crippen LogP contribution is 2.27. The van der Waals surface area contributed by atoms with Gasteiger partial charge in [0.2, 0.25) is 5.75 Å². The van der Waals surface area contributed by atoms with E-state index in [1.54, 1.807) is 6.07 Å². The highest BCUT2D eigenvalue weighted by Gasteiger charge is 2.15. The van der Waals surface area contributed by atoms with Gasteiger partial charge in [0, 0.05) is 11.6 Å². The molecule has 2 aromatic carbocycles. The van der Waals surface area contributed by atoms with Crippen LogP contribution < -0.4 is 10.2 Å². The van der Waals surface area contributed by atoms with Crippen LogP contribution in [0.3, 0.4) is 0 Å². The molecule has 0 atom stereocenters. The van der Waals surface area contributed by atoms with Crippen molar-refractivity contribution in [2.45, 2.75) is 13.8 Å². The van der Waals surface area contributed by atoms with Gasteiger partial charge in [-0.3, -0.25) is 14.9 Å². The van der Waals surface area contributed by atoms with Crippen molar-refractivity contribution < 1.29 is 19.6 Å². The van der Waals surface area contributed by atoms with Crippen LogP contribution >= 0.6 is 0 Å². The number of benzene rings is 2. The maximum absolute atomic E-state index is 11.7. The number of phenolic OH excluding ortho intramolecular Hbond substituents is 1. The maximum Gasteiger partial charge on any atom is 0.311 e. The molecule has 0 aliphatic heterocycles. The number of carbonyl (C=O) groups excluding carboxylic acids is 1. The molecule has 0 aliphatic rings. The first-order chi connectivity index (χ1) is 11.9. The Labute approximate surface area is 143 Å². The van der Waals surface area contributed by atoms with Crippen molar-refractivity contribution in [1.82, 2.24) is 5.43 Å². The van der Waals surface area contributed by atoms with Crippen molar-refractivity contribution in [3.63, 3.8) is 0 Å². The minimum Gasteiger partial charge on any atom is -0.502 e. The van der Waals surface area contributed by atoms with E-state index < -0.39 is 22.3 Å². The Bertz CT molecular complexity index is 833. The summed E-state index contributed by atoms with van der Waals surface area (Å²) in [6, 6.07) is 9.55. The summed E-state index contributed by atoms with van der Waals surface area (Å²) in [5.41, 5.74) is 3.91. The number of amides is 1. The lowest BCUT2D eigenvalue weighted by atomic mass is 10.1. The van der Waals surface area contributed by atoms with Gasteiger partial charge in [-0.25, -0.2) is 5.43 Å². The zero-order chi connectivity index (χ0) is 18.4. The molecule has 8 heteroatoms. The first-order valence-electron chi connectivity index (χ1n) is 7.37. The monoisotopic (exact) mass is 343 g/mol. The molecule has 0 saturated heterocycles. The number of phenols is 1. The van der Waals surface area contributed by atoms with Crippen molar-refractivity contribution in [1.29, 1.82) is 0 Å². The van der Waals surface area contributed by atoms with Crippen LogP contribution in [0.2, 0.25) is 0 Å². The van der Waals surface area contributed by atoms with Gasteiger partial charge < -0.3 is 9.84 Å². The zero-order valence-corrected chi connectivity index (χ0v) is 13.7. The molecule has 0 fully saturated rings. The molecule has 8 nitrogen and oxygen atoms in total. The average Bonchev–Trinajstić information content (AvgIpc) is 2.57. The molecular formula is C17H17N3O5. The standard InChI is InChI=1S/C17H17N3O5/c1-11-5-3-8-15(12(11)2)25-10-16(21)19-18-9-13-6-4-7-14(17(13)22)20(23)24/h3-9,22H,10H2,1-2H3,(H,19,21)/b18-9+. The predicted molar refractivity (Wildman–Crippen MR) is 91.9 cm³/mol. The molecule has 0 radical (unpaired) electrons. The van der Waals surface area contributed by atoms with E-state index in [4.69, 9.17) is 4.74 Å². The molecule has 0 unspecified atom stereocenters. The Balaban J connectivity index is 1.94. The molecule has 0 bridgehead atoms. The molecular weight excluding hydrogens is 326 g/mol. The van der Waals surface area contributed by atoms with E-state index in [1.165, 1.54) is 18.2 Å². The zero-order valence-electron chi connectivity index (χ0n) is 13.7. The fourth-order valence-corrected chi connectivity index (χ4v) is 2.03. The lowest BCUT2D eigenvalue weighted by Gasteiger charge is -2.09. The van der Waals surface area contributed by atoms with E-state index in [0.29, 0.717) is 5.75 Å². The second-order valence-electron chi connectivity index (χ2n) is 5.25. The van der Waals surface area contributed by atoms with Gasteiger partial charge in [0.25, 0.3) is 5.91 Å². The average molecular weight is 343 g/mol. The number of hydrogen-bond acceptors (Lipinski definition) is 6. The van der Waals surface area contributed by atoms with Crippen molar-refractivity contribution in [3.8, 4) is 11.5 Å². The molecule has 2 N–H and O–H groups in total. The second kappa shape index (κ2) is 7.91. The topological polar surface area (TPSA) is 114 Å². The summed E-state index contributed by atoms with van der Waals surface area (Å²) in [5.74, 6) is -0.408. The number of nitro groups is 1. The third-order valence-electron chi connectivity index (χ3n) is 3.55. The SMILES string of the molecule is Cc1cccc(OCC(=O)N/N=C/c2cccc([N+](=O)[O-])c2O)c1C. The number of para-hydroxylation sites is 1. The molecule has 0 saturated carbocycles. The van der Waals surface area contributed by atoms with Gasteiger partial charge in [-0.15, -0.1) is 0 Å². The van der Waals surface area contributed by atoms with Crippen LogP contribution in [0.25, 0.3) is 0 Å². The predicted octanol–water partition coefficient (Wildman–Crippen LogP) is 2.45. The van der Waals surface area contributed by atoms with E-state index >= 15 is 0 Å². The number of ether oxygens (including phenoxy) is 1. The number of aromatic hydroxyl groups is 1. The van der Waals surface area contributed by atoms with Crippen molar-refractivity contribution in [3.05, 3.63) is 63.2 Å². The van der Waals surface area contributed by atoms with Crippen LogP contribution in [-0.4, -0.2) is 28.8 Å². The van der Waals surface area contributed by atoms with Gasteiger partial charge in [-0.05, 0) is 37.1 Å². The van der Waals surface area contributed by atoms with Crippen molar-refractivity contribution >= 4 is 17.8 Å². The van der Waals surface area contributed by atoms with Crippen molar-refractivity contribution in [2.75, 3.05) is 6.61 Å². The summed E-state index contributed by atoms with van der Waals surface area (Å²) >= 11 is 0. The maximum atomic E-state index is 11.7. The van der Waals surface area contributed by atoms with Gasteiger partial charge in [0.15, 0.2) is 6.61 Å². The quantitative estimate of drug-likeness (QED) is 0.475. The van der Waals surface area contributed by atoms with Gasteiger partial charge in [-0.1, -0.05) is 18.2 Å². The highest BCUT2D eigenvalue weighted by atomic mass is 16.6. The first-order valence-corrected chi connectivity index (χ1v) is 7.37. The minimum atomic E-state index is -0.705. The summed E-state index contributed by atoms with van der Waals surface area (Å²) in [5, 5.41) is 24.2. The second-order valence-corrected chi connectivity index (χ2v) is 5.25. The number of nitrogens with one attached hydrogen (secondary N) is 1. The van der Waals surface area contributed by atoms with E-state index in [9.17, 15) is 20.0 Å². The molecule has 0 heterocycles. The summed E-state index contributed by atoms with van der Waals surface area (Å²) < 4.78 is 5.43. The Hall–Kier alpha value is -3.42. The number of carbonyl (C=O) groups is 1. The van der Waals surface area contributed by atoms with Crippen LogP contribution in [0.15, 0.2) is 41.5 Å². The fraction of sp³-hybridized carbons (Fsp3) is 0.176. The lowest BCUT2D eigenvalue weighted by molar-refractivity contribution is -0.385. The Kier molecular flexibility index (Phi) is 5.67. The molecule has 1 amide bonds. The van der Waals surface area contributed by atoms with Gasteiger partial charge >= 0.3 is 5.69 Å². The van der Waals surface area contributed by atoms with E-state index in [-0.39, 0.29) is 12.2 Å². The summed E-state index contributed by atoms with van der Waals surface area (Å²) in [6.45, 7) is 3.60. The molecule has 0 aromatic heterocycles. The summed E-state index contributed by atoms with van der Waals surface area (Å²) in [4.78, 5) is 21.8. The highest BCUT2D eigenvalue weighted by molar-refractivity contribution is 5.87. The fourth-order valence-electron chi connectivity index (χ4n) is 2.03. The molecule has 2 rings (SSSR count). The largest absolute Gasteiger partial charge is 0.502 e. The van der Waals surface area contributed by atoms with Crippen LogP contribution in [-0.2, 0) is 4.79 Å². The van der Waals surface area contributed by atoms with Crippen LogP contribution in [0.1, 0.15) is 16.7 Å². The Morgan fingerprint density at radius 3 is 2.76 bits per heavy atom. The van der Waals surface area contributed by atoms with Gasteiger partial charge in [0.05, 0.1) is 11.1 Å².